The molecule has 2 atom stereocenters. The van der Waals surface area contributed by atoms with E-state index in [0.29, 0.717) is 24.0 Å². The molecule has 0 saturated heterocycles. The van der Waals surface area contributed by atoms with E-state index in [-0.39, 0.29) is 11.1 Å². The zero-order valence-electron chi connectivity index (χ0n) is 23.0. The van der Waals surface area contributed by atoms with Gasteiger partial charge in [0.05, 0.1) is 24.3 Å². The highest BCUT2D eigenvalue weighted by molar-refractivity contribution is 5.99. The highest BCUT2D eigenvalue weighted by Gasteiger charge is 2.22. The van der Waals surface area contributed by atoms with Crippen LogP contribution in [0.5, 0.6) is 0 Å². The molecule has 0 bridgehead atoms. The molecule has 0 saturated carbocycles. The molecular weight excluding hydrogens is 488 g/mol. The lowest BCUT2D eigenvalue weighted by Gasteiger charge is -2.14. The van der Waals surface area contributed by atoms with E-state index in [9.17, 15) is 19.2 Å². The van der Waals surface area contributed by atoms with Crippen LogP contribution < -0.4 is 0 Å². The van der Waals surface area contributed by atoms with Gasteiger partial charge in [0, 0.05) is 0 Å². The molecular formula is C30H40O8. The predicted molar refractivity (Wildman–Crippen MR) is 144 cm³/mol. The van der Waals surface area contributed by atoms with E-state index in [1.165, 1.54) is 13.8 Å². The third-order valence-corrected chi connectivity index (χ3v) is 6.03. The van der Waals surface area contributed by atoms with Crippen molar-refractivity contribution in [2.24, 2.45) is 0 Å². The van der Waals surface area contributed by atoms with Gasteiger partial charge in [-0.05, 0) is 61.7 Å². The van der Waals surface area contributed by atoms with Crippen molar-refractivity contribution in [3.05, 3.63) is 47.5 Å². The molecule has 0 fully saturated rings. The highest BCUT2D eigenvalue weighted by Crippen LogP contribution is 2.20. The average Bonchev–Trinajstić information content (AvgIpc) is 2.91. The maximum Gasteiger partial charge on any atom is 0.347 e. The molecule has 2 aromatic carbocycles. The lowest BCUT2D eigenvalue weighted by Crippen LogP contribution is -2.26. The molecule has 0 radical (unpaired) electrons. The van der Waals surface area contributed by atoms with Gasteiger partial charge in [0.25, 0.3) is 0 Å². The Morgan fingerprint density at radius 2 is 1.00 bits per heavy atom. The van der Waals surface area contributed by atoms with Crippen molar-refractivity contribution in [1.29, 1.82) is 0 Å². The van der Waals surface area contributed by atoms with Gasteiger partial charge in [0.15, 0.2) is 12.2 Å². The number of rotatable bonds is 16. The van der Waals surface area contributed by atoms with Crippen LogP contribution in [-0.4, -0.2) is 49.3 Å². The number of fused-ring (bicyclic) bond motifs is 1. The summed E-state index contributed by atoms with van der Waals surface area (Å²) >= 11 is 0. The maximum absolute atomic E-state index is 12.6. The minimum Gasteiger partial charge on any atom is -0.463 e. The van der Waals surface area contributed by atoms with E-state index in [1.54, 1.807) is 36.4 Å². The summed E-state index contributed by atoms with van der Waals surface area (Å²) in [6.07, 6.45) is 5.84. The average molecular weight is 529 g/mol. The van der Waals surface area contributed by atoms with Crippen molar-refractivity contribution in [2.75, 3.05) is 13.2 Å². The van der Waals surface area contributed by atoms with Gasteiger partial charge in [-0.3, -0.25) is 0 Å². The van der Waals surface area contributed by atoms with Crippen LogP contribution in [0.3, 0.4) is 0 Å². The fraction of sp³-hybridized carbons (Fsp3) is 0.533. The van der Waals surface area contributed by atoms with Crippen LogP contribution in [0.1, 0.15) is 99.8 Å². The van der Waals surface area contributed by atoms with Gasteiger partial charge in [-0.1, -0.05) is 64.5 Å². The Morgan fingerprint density at radius 1 is 0.605 bits per heavy atom. The number of esters is 4. The SMILES string of the molecule is CCCCCCOC(=O)[C@H](C)OC(=O)c1ccc2cc(C(=O)O[C@@H](C)C(=O)OCCCCCC)ccc2c1. The Labute approximate surface area is 225 Å². The van der Waals surface area contributed by atoms with Crippen LogP contribution in [0, 0.1) is 0 Å². The van der Waals surface area contributed by atoms with Gasteiger partial charge in [0.1, 0.15) is 0 Å². The first-order chi connectivity index (χ1) is 18.3. The molecule has 2 aromatic rings. The zero-order chi connectivity index (χ0) is 27.9. The molecule has 0 aliphatic carbocycles. The summed E-state index contributed by atoms with van der Waals surface area (Å²) in [4.78, 5) is 49.3. The molecule has 0 aliphatic rings. The van der Waals surface area contributed by atoms with Crippen molar-refractivity contribution in [2.45, 2.75) is 91.3 Å². The first-order valence-corrected chi connectivity index (χ1v) is 13.6. The van der Waals surface area contributed by atoms with Gasteiger partial charge in [-0.15, -0.1) is 0 Å². The fourth-order valence-corrected chi connectivity index (χ4v) is 3.69. The summed E-state index contributed by atoms with van der Waals surface area (Å²) in [5, 5.41) is 1.39. The zero-order valence-corrected chi connectivity index (χ0v) is 23.0. The second-order valence-corrected chi connectivity index (χ2v) is 9.33. The van der Waals surface area contributed by atoms with E-state index in [1.807, 2.05) is 0 Å². The molecule has 38 heavy (non-hydrogen) atoms. The van der Waals surface area contributed by atoms with Crippen LogP contribution >= 0.6 is 0 Å². The number of hydrogen-bond acceptors (Lipinski definition) is 8. The lowest BCUT2D eigenvalue weighted by atomic mass is 10.0. The number of benzene rings is 2. The van der Waals surface area contributed by atoms with Crippen molar-refractivity contribution in [3.63, 3.8) is 0 Å². The van der Waals surface area contributed by atoms with Crippen LogP contribution in [0.2, 0.25) is 0 Å². The molecule has 8 nitrogen and oxygen atoms in total. The third kappa shape index (κ3) is 10.1. The Kier molecular flexibility index (Phi) is 13.3. The van der Waals surface area contributed by atoms with Gasteiger partial charge in [0.2, 0.25) is 0 Å². The van der Waals surface area contributed by atoms with Crippen LogP contribution in [0.4, 0.5) is 0 Å². The maximum atomic E-state index is 12.6. The Bertz CT molecular complexity index is 992. The van der Waals surface area contributed by atoms with E-state index >= 15 is 0 Å². The number of unbranched alkanes of at least 4 members (excludes halogenated alkanes) is 6. The molecule has 0 unspecified atom stereocenters. The Morgan fingerprint density at radius 3 is 1.37 bits per heavy atom. The summed E-state index contributed by atoms with van der Waals surface area (Å²) in [6, 6.07) is 9.70. The van der Waals surface area contributed by atoms with Crippen molar-refractivity contribution < 1.29 is 38.1 Å². The molecule has 0 aromatic heterocycles. The van der Waals surface area contributed by atoms with Gasteiger partial charge < -0.3 is 18.9 Å². The summed E-state index contributed by atoms with van der Waals surface area (Å²) in [5.41, 5.74) is 0.538. The normalized spacial score (nSPS) is 12.4. The fourth-order valence-electron chi connectivity index (χ4n) is 3.69. The number of ether oxygens (including phenoxy) is 4. The molecule has 208 valence electrons. The van der Waals surface area contributed by atoms with Crippen LogP contribution in [0.25, 0.3) is 10.8 Å². The van der Waals surface area contributed by atoms with E-state index in [0.717, 1.165) is 51.4 Å². The molecule has 2 rings (SSSR count). The summed E-state index contributed by atoms with van der Waals surface area (Å²) in [7, 11) is 0. The Balaban J connectivity index is 1.91. The standard InChI is InChI=1S/C30H40O8/c1-5-7-9-11-17-35-27(31)21(3)37-29(33)25-15-13-24-20-26(16-14-23(24)19-25)30(34)38-22(4)28(32)36-18-12-10-8-6-2/h13-16,19-22H,5-12,17-18H2,1-4H3/t21-,22-/m0/s1. The molecule has 0 amide bonds. The Hall–Kier alpha value is -3.42. The molecule has 0 spiro atoms. The van der Waals surface area contributed by atoms with Crippen LogP contribution in [0.15, 0.2) is 36.4 Å². The van der Waals surface area contributed by atoms with Crippen LogP contribution in [-0.2, 0) is 28.5 Å². The summed E-state index contributed by atoms with van der Waals surface area (Å²) in [6.45, 7) is 7.78. The quantitative estimate of drug-likeness (QED) is 0.145. The number of carbonyl (C=O) groups is 4. The molecule has 0 heterocycles. The monoisotopic (exact) mass is 528 g/mol. The third-order valence-electron chi connectivity index (χ3n) is 6.03. The van der Waals surface area contributed by atoms with E-state index in [4.69, 9.17) is 18.9 Å². The highest BCUT2D eigenvalue weighted by atomic mass is 16.6. The van der Waals surface area contributed by atoms with Crippen molar-refractivity contribution in [1.82, 2.24) is 0 Å². The second kappa shape index (κ2) is 16.4. The molecule has 8 heteroatoms. The van der Waals surface area contributed by atoms with Gasteiger partial charge >= 0.3 is 23.9 Å². The smallest absolute Gasteiger partial charge is 0.347 e. The van der Waals surface area contributed by atoms with E-state index in [2.05, 4.69) is 13.8 Å². The number of carbonyl (C=O) groups excluding carboxylic acids is 4. The lowest BCUT2D eigenvalue weighted by molar-refractivity contribution is -0.153. The van der Waals surface area contributed by atoms with Crippen molar-refractivity contribution in [3.8, 4) is 0 Å². The molecule has 0 aliphatic heterocycles. The first kappa shape index (κ1) is 30.8. The summed E-state index contributed by atoms with van der Waals surface area (Å²) in [5.74, 6) is -2.44. The van der Waals surface area contributed by atoms with Crippen molar-refractivity contribution >= 4 is 34.6 Å². The van der Waals surface area contributed by atoms with E-state index < -0.39 is 36.1 Å². The minimum absolute atomic E-state index is 0.269. The predicted octanol–water partition coefficient (Wildman–Crippen LogP) is 6.18. The topological polar surface area (TPSA) is 105 Å². The summed E-state index contributed by atoms with van der Waals surface area (Å²) < 4.78 is 20.9. The van der Waals surface area contributed by atoms with Gasteiger partial charge in [-0.25, -0.2) is 19.2 Å². The second-order valence-electron chi connectivity index (χ2n) is 9.33. The first-order valence-electron chi connectivity index (χ1n) is 13.6. The minimum atomic E-state index is -1.02. The largest absolute Gasteiger partial charge is 0.463 e. The molecule has 0 N–H and O–H groups in total. The number of hydrogen-bond donors (Lipinski definition) is 0. The van der Waals surface area contributed by atoms with Gasteiger partial charge in [-0.2, -0.15) is 0 Å².